The molecule has 16 heavy (non-hydrogen) atoms. The van der Waals surface area contributed by atoms with Gasteiger partial charge in [0.15, 0.2) is 0 Å². The van der Waals surface area contributed by atoms with Crippen LogP contribution >= 0.6 is 0 Å². The van der Waals surface area contributed by atoms with E-state index in [0.717, 1.165) is 13.0 Å². The SMILES string of the molecule is CNC(=O)NC(=O)C(C)N(C)CCC(C)N. The second-order valence-corrected chi connectivity index (χ2v) is 3.99. The minimum Gasteiger partial charge on any atom is -0.341 e. The maximum atomic E-state index is 11.6. The van der Waals surface area contributed by atoms with E-state index in [1.165, 1.54) is 7.05 Å². The molecule has 0 spiro atoms. The van der Waals surface area contributed by atoms with Crippen molar-refractivity contribution in [3.8, 4) is 0 Å². The molecule has 0 aromatic rings. The average Bonchev–Trinajstić information content (AvgIpc) is 2.24. The summed E-state index contributed by atoms with van der Waals surface area (Å²) in [7, 11) is 3.30. The van der Waals surface area contributed by atoms with Gasteiger partial charge in [0.25, 0.3) is 0 Å². The van der Waals surface area contributed by atoms with Crippen molar-refractivity contribution >= 4 is 11.9 Å². The van der Waals surface area contributed by atoms with Crippen LogP contribution < -0.4 is 16.4 Å². The largest absolute Gasteiger partial charge is 0.341 e. The van der Waals surface area contributed by atoms with E-state index in [1.54, 1.807) is 6.92 Å². The van der Waals surface area contributed by atoms with Crippen LogP contribution in [0.4, 0.5) is 4.79 Å². The fraction of sp³-hybridized carbons (Fsp3) is 0.800. The third kappa shape index (κ3) is 5.67. The number of amides is 3. The van der Waals surface area contributed by atoms with Crippen LogP contribution in [0.1, 0.15) is 20.3 Å². The Morgan fingerprint density at radius 3 is 2.38 bits per heavy atom. The molecular weight excluding hydrogens is 208 g/mol. The van der Waals surface area contributed by atoms with Gasteiger partial charge in [-0.3, -0.25) is 15.0 Å². The zero-order valence-corrected chi connectivity index (χ0v) is 10.4. The number of nitrogens with two attached hydrogens (primary N) is 1. The first-order chi connectivity index (χ1) is 7.38. The standard InChI is InChI=1S/C10H22N4O2/c1-7(11)5-6-14(4)8(2)9(15)13-10(16)12-3/h7-8H,5-6,11H2,1-4H3,(H2,12,13,15,16). The molecule has 0 heterocycles. The molecule has 0 saturated heterocycles. The molecule has 0 aromatic carbocycles. The smallest absolute Gasteiger partial charge is 0.321 e. The Hall–Kier alpha value is -1.14. The molecule has 3 amide bonds. The Kier molecular flexibility index (Phi) is 6.67. The highest BCUT2D eigenvalue weighted by Gasteiger charge is 2.19. The summed E-state index contributed by atoms with van der Waals surface area (Å²) in [6.45, 7) is 4.39. The molecule has 0 aliphatic carbocycles. The van der Waals surface area contributed by atoms with Gasteiger partial charge in [-0.1, -0.05) is 0 Å². The van der Waals surface area contributed by atoms with Gasteiger partial charge in [-0.2, -0.15) is 0 Å². The summed E-state index contributed by atoms with van der Waals surface area (Å²) in [5, 5.41) is 4.57. The number of hydrogen-bond donors (Lipinski definition) is 3. The summed E-state index contributed by atoms with van der Waals surface area (Å²) < 4.78 is 0. The number of imide groups is 1. The normalized spacial score (nSPS) is 14.4. The van der Waals surface area contributed by atoms with Gasteiger partial charge in [0.1, 0.15) is 0 Å². The molecule has 0 radical (unpaired) electrons. The summed E-state index contributed by atoms with van der Waals surface area (Å²) in [6.07, 6.45) is 0.814. The Labute approximate surface area is 96.5 Å². The summed E-state index contributed by atoms with van der Waals surface area (Å²) in [4.78, 5) is 24.4. The predicted molar refractivity (Wildman–Crippen MR) is 63.0 cm³/mol. The number of nitrogens with one attached hydrogen (secondary N) is 2. The molecule has 6 heteroatoms. The fourth-order valence-corrected chi connectivity index (χ4v) is 1.08. The van der Waals surface area contributed by atoms with Gasteiger partial charge in [0, 0.05) is 19.6 Å². The minimum absolute atomic E-state index is 0.108. The molecule has 4 N–H and O–H groups in total. The molecule has 0 saturated carbocycles. The van der Waals surface area contributed by atoms with E-state index in [-0.39, 0.29) is 18.0 Å². The summed E-state index contributed by atoms with van der Waals surface area (Å²) in [6, 6.07) is -0.731. The second-order valence-electron chi connectivity index (χ2n) is 3.99. The van der Waals surface area contributed by atoms with Gasteiger partial charge in [0.2, 0.25) is 5.91 Å². The van der Waals surface area contributed by atoms with Crippen LogP contribution in [0, 0.1) is 0 Å². The number of hydrogen-bond acceptors (Lipinski definition) is 4. The quantitative estimate of drug-likeness (QED) is 0.594. The van der Waals surface area contributed by atoms with Crippen LogP contribution in [0.15, 0.2) is 0 Å². The Balaban J connectivity index is 4.06. The summed E-state index contributed by atoms with van der Waals surface area (Å²) >= 11 is 0. The third-order valence-corrected chi connectivity index (χ3v) is 2.44. The van der Waals surface area contributed by atoms with E-state index < -0.39 is 6.03 Å². The lowest BCUT2D eigenvalue weighted by atomic mass is 10.2. The lowest BCUT2D eigenvalue weighted by molar-refractivity contribution is -0.124. The highest BCUT2D eigenvalue weighted by atomic mass is 16.2. The van der Waals surface area contributed by atoms with Gasteiger partial charge in [-0.05, 0) is 27.3 Å². The maximum absolute atomic E-state index is 11.6. The lowest BCUT2D eigenvalue weighted by Gasteiger charge is -2.24. The molecular formula is C10H22N4O2. The zero-order chi connectivity index (χ0) is 12.7. The Morgan fingerprint density at radius 1 is 1.38 bits per heavy atom. The Bertz CT molecular complexity index is 243. The van der Waals surface area contributed by atoms with Crippen molar-refractivity contribution in [1.82, 2.24) is 15.5 Å². The molecule has 0 bridgehead atoms. The molecule has 0 aromatic heterocycles. The van der Waals surface area contributed by atoms with Crippen molar-refractivity contribution in [2.24, 2.45) is 5.73 Å². The predicted octanol–water partition coefficient (Wildman–Crippen LogP) is -0.500. The first kappa shape index (κ1) is 14.9. The molecule has 2 unspecified atom stereocenters. The van der Waals surface area contributed by atoms with Gasteiger partial charge in [0.05, 0.1) is 6.04 Å². The van der Waals surface area contributed by atoms with Crippen LogP contribution in [0.2, 0.25) is 0 Å². The van der Waals surface area contributed by atoms with E-state index in [1.807, 2.05) is 18.9 Å². The van der Waals surface area contributed by atoms with E-state index in [4.69, 9.17) is 5.73 Å². The van der Waals surface area contributed by atoms with Crippen molar-refractivity contribution in [2.45, 2.75) is 32.4 Å². The van der Waals surface area contributed by atoms with Crippen molar-refractivity contribution in [3.63, 3.8) is 0 Å². The number of urea groups is 1. The summed E-state index contributed by atoms with van der Waals surface area (Å²) in [5.74, 6) is -0.313. The van der Waals surface area contributed by atoms with Crippen molar-refractivity contribution < 1.29 is 9.59 Å². The number of nitrogens with zero attached hydrogens (tertiary/aromatic N) is 1. The van der Waals surface area contributed by atoms with Crippen LogP contribution in [0.25, 0.3) is 0 Å². The molecule has 6 nitrogen and oxygen atoms in total. The molecule has 94 valence electrons. The van der Waals surface area contributed by atoms with Crippen molar-refractivity contribution in [3.05, 3.63) is 0 Å². The van der Waals surface area contributed by atoms with Crippen LogP contribution in [0.5, 0.6) is 0 Å². The van der Waals surface area contributed by atoms with E-state index in [9.17, 15) is 9.59 Å². The molecule has 2 atom stereocenters. The number of likely N-dealkylation sites (N-methyl/N-ethyl adjacent to an activating group) is 1. The van der Waals surface area contributed by atoms with E-state index in [0.29, 0.717) is 0 Å². The average molecular weight is 230 g/mol. The first-order valence-electron chi connectivity index (χ1n) is 5.36. The number of carbonyl (C=O) groups is 2. The molecule has 0 aliphatic rings. The highest BCUT2D eigenvalue weighted by Crippen LogP contribution is 1.98. The van der Waals surface area contributed by atoms with Crippen LogP contribution in [0.3, 0.4) is 0 Å². The van der Waals surface area contributed by atoms with Crippen LogP contribution in [-0.4, -0.2) is 49.6 Å². The van der Waals surface area contributed by atoms with Gasteiger partial charge in [-0.15, -0.1) is 0 Å². The molecule has 0 fully saturated rings. The van der Waals surface area contributed by atoms with E-state index >= 15 is 0 Å². The van der Waals surface area contributed by atoms with Gasteiger partial charge in [-0.25, -0.2) is 4.79 Å². The third-order valence-electron chi connectivity index (χ3n) is 2.44. The number of carbonyl (C=O) groups excluding carboxylic acids is 2. The molecule has 0 rings (SSSR count). The van der Waals surface area contributed by atoms with Crippen LogP contribution in [-0.2, 0) is 4.79 Å². The van der Waals surface area contributed by atoms with Gasteiger partial charge < -0.3 is 11.1 Å². The number of rotatable bonds is 5. The monoisotopic (exact) mass is 230 g/mol. The summed E-state index contributed by atoms with van der Waals surface area (Å²) in [5.41, 5.74) is 5.63. The minimum atomic E-state index is -0.488. The van der Waals surface area contributed by atoms with Crippen molar-refractivity contribution in [1.29, 1.82) is 0 Å². The zero-order valence-electron chi connectivity index (χ0n) is 10.4. The first-order valence-corrected chi connectivity index (χ1v) is 5.36. The lowest BCUT2D eigenvalue weighted by Crippen LogP contribution is -2.48. The van der Waals surface area contributed by atoms with Gasteiger partial charge >= 0.3 is 6.03 Å². The fourth-order valence-electron chi connectivity index (χ4n) is 1.08. The molecule has 0 aliphatic heterocycles. The van der Waals surface area contributed by atoms with Crippen molar-refractivity contribution in [2.75, 3.05) is 20.6 Å². The second kappa shape index (κ2) is 7.19. The van der Waals surface area contributed by atoms with E-state index in [2.05, 4.69) is 10.6 Å². The Morgan fingerprint density at radius 2 is 1.94 bits per heavy atom. The maximum Gasteiger partial charge on any atom is 0.321 e. The topological polar surface area (TPSA) is 87.5 Å². The highest BCUT2D eigenvalue weighted by molar-refractivity contribution is 5.96.